The van der Waals surface area contributed by atoms with Gasteiger partial charge >= 0.3 is 0 Å². The molecule has 0 saturated heterocycles. The molecule has 102 valence electrons. The maximum Gasteiger partial charge on any atom is 0.241 e. The Morgan fingerprint density at radius 1 is 1.42 bits per heavy atom. The number of ether oxygens (including phenoxy) is 1. The van der Waals surface area contributed by atoms with Gasteiger partial charge in [0.25, 0.3) is 0 Å². The van der Waals surface area contributed by atoms with Gasteiger partial charge in [-0.05, 0) is 32.9 Å². The Labute approximate surface area is 115 Å². The molecule has 2 N–H and O–H groups in total. The minimum Gasteiger partial charge on any atom is -0.434 e. The van der Waals surface area contributed by atoms with E-state index in [1.54, 1.807) is 17.7 Å². The molecular formula is C13H15ClFN3O. The number of halogens is 2. The van der Waals surface area contributed by atoms with Gasteiger partial charge in [0.05, 0.1) is 16.8 Å². The summed E-state index contributed by atoms with van der Waals surface area (Å²) in [5, 5.41) is 4.27. The molecule has 4 nitrogen and oxygen atoms in total. The number of hydrogen-bond donors (Lipinski definition) is 1. The predicted molar refractivity (Wildman–Crippen MR) is 73.2 cm³/mol. The third-order valence-electron chi connectivity index (χ3n) is 2.70. The molecular weight excluding hydrogens is 269 g/mol. The van der Waals surface area contributed by atoms with Crippen molar-refractivity contribution in [1.82, 2.24) is 9.78 Å². The zero-order chi connectivity index (χ0) is 14.2. The fourth-order valence-corrected chi connectivity index (χ4v) is 1.82. The van der Waals surface area contributed by atoms with Gasteiger partial charge in [0, 0.05) is 0 Å². The summed E-state index contributed by atoms with van der Waals surface area (Å²) >= 11 is 5.72. The average molecular weight is 284 g/mol. The number of aromatic nitrogens is 2. The van der Waals surface area contributed by atoms with Gasteiger partial charge < -0.3 is 10.5 Å². The molecule has 0 aliphatic carbocycles. The number of hydrogen-bond acceptors (Lipinski definition) is 3. The van der Waals surface area contributed by atoms with Crippen molar-refractivity contribution < 1.29 is 9.13 Å². The molecule has 0 spiro atoms. The number of rotatable bonds is 3. The maximum absolute atomic E-state index is 13.8. The Morgan fingerprint density at radius 2 is 2.11 bits per heavy atom. The van der Waals surface area contributed by atoms with Gasteiger partial charge in [-0.2, -0.15) is 5.10 Å². The Balaban J connectivity index is 2.46. The second kappa shape index (κ2) is 5.09. The molecule has 1 aromatic carbocycles. The molecule has 0 atom stereocenters. The molecule has 6 heteroatoms. The molecule has 2 aromatic rings. The van der Waals surface area contributed by atoms with E-state index in [0.717, 1.165) is 0 Å². The van der Waals surface area contributed by atoms with E-state index in [4.69, 9.17) is 22.1 Å². The van der Waals surface area contributed by atoms with Crippen LogP contribution in [0.4, 0.5) is 10.1 Å². The van der Waals surface area contributed by atoms with Crippen LogP contribution in [0.3, 0.4) is 0 Å². The summed E-state index contributed by atoms with van der Waals surface area (Å²) in [6.45, 7) is 5.65. The molecule has 0 bridgehead atoms. The summed E-state index contributed by atoms with van der Waals surface area (Å²) < 4.78 is 21.0. The first-order chi connectivity index (χ1) is 8.91. The number of benzene rings is 1. The Hall–Kier alpha value is -1.75. The number of nitrogen functional groups attached to an aromatic ring is 1. The van der Waals surface area contributed by atoms with Gasteiger partial charge in [-0.3, -0.25) is 0 Å². The third-order valence-corrected chi connectivity index (χ3v) is 2.99. The van der Waals surface area contributed by atoms with Crippen molar-refractivity contribution in [2.45, 2.75) is 26.8 Å². The highest BCUT2D eigenvalue weighted by atomic mass is 35.5. The van der Waals surface area contributed by atoms with Gasteiger partial charge in [-0.15, -0.1) is 0 Å². The SMILES string of the molecule is Cc1nn(C(C)C)c(Oc2cccc(Cl)c2F)c1N. The summed E-state index contributed by atoms with van der Waals surface area (Å²) in [6.07, 6.45) is 0. The van der Waals surface area contributed by atoms with E-state index >= 15 is 0 Å². The second-order valence-corrected chi connectivity index (χ2v) is 4.90. The largest absolute Gasteiger partial charge is 0.434 e. The van der Waals surface area contributed by atoms with Crippen LogP contribution in [0.5, 0.6) is 11.6 Å². The molecule has 0 saturated carbocycles. The molecule has 19 heavy (non-hydrogen) atoms. The van der Waals surface area contributed by atoms with Crippen LogP contribution < -0.4 is 10.5 Å². The Morgan fingerprint density at radius 3 is 2.74 bits per heavy atom. The lowest BCUT2D eigenvalue weighted by molar-refractivity contribution is 0.373. The van der Waals surface area contributed by atoms with Crippen LogP contribution >= 0.6 is 11.6 Å². The standard InChI is InChI=1S/C13H15ClFN3O/c1-7(2)18-13(12(16)8(3)17-18)19-10-6-4-5-9(14)11(10)15/h4-7H,16H2,1-3H3. The van der Waals surface area contributed by atoms with E-state index in [0.29, 0.717) is 17.3 Å². The first-order valence-corrected chi connectivity index (χ1v) is 6.26. The second-order valence-electron chi connectivity index (χ2n) is 4.50. The quantitative estimate of drug-likeness (QED) is 0.928. The highest BCUT2D eigenvalue weighted by Crippen LogP contribution is 2.34. The monoisotopic (exact) mass is 283 g/mol. The van der Waals surface area contributed by atoms with Crippen LogP contribution in [0.25, 0.3) is 0 Å². The van der Waals surface area contributed by atoms with Crippen LogP contribution in [0.15, 0.2) is 18.2 Å². The highest BCUT2D eigenvalue weighted by molar-refractivity contribution is 6.30. The fraction of sp³-hybridized carbons (Fsp3) is 0.308. The third kappa shape index (κ3) is 2.51. The first-order valence-electron chi connectivity index (χ1n) is 5.88. The average Bonchev–Trinajstić information content (AvgIpc) is 2.63. The van der Waals surface area contributed by atoms with Crippen molar-refractivity contribution in [2.24, 2.45) is 0 Å². The van der Waals surface area contributed by atoms with Crippen molar-refractivity contribution in [2.75, 3.05) is 5.73 Å². The predicted octanol–water partition coefficient (Wildman–Crippen LogP) is 3.94. The number of nitrogens with two attached hydrogens (primary N) is 1. The van der Waals surface area contributed by atoms with Gasteiger partial charge in [0.2, 0.25) is 5.88 Å². The molecule has 1 heterocycles. The molecule has 2 rings (SSSR count). The molecule has 0 aliphatic rings. The first kappa shape index (κ1) is 13.7. The summed E-state index contributed by atoms with van der Waals surface area (Å²) in [7, 11) is 0. The number of anilines is 1. The van der Waals surface area contributed by atoms with Crippen molar-refractivity contribution in [3.8, 4) is 11.6 Å². The lowest BCUT2D eigenvalue weighted by Gasteiger charge is -2.13. The highest BCUT2D eigenvalue weighted by Gasteiger charge is 2.19. The number of aryl methyl sites for hydroxylation is 1. The van der Waals surface area contributed by atoms with E-state index < -0.39 is 5.82 Å². The van der Waals surface area contributed by atoms with E-state index in [1.165, 1.54) is 12.1 Å². The minimum atomic E-state index is -0.613. The molecule has 0 fully saturated rings. The van der Waals surface area contributed by atoms with Gasteiger partial charge in [-0.1, -0.05) is 17.7 Å². The van der Waals surface area contributed by atoms with Crippen molar-refractivity contribution in [1.29, 1.82) is 0 Å². The van der Waals surface area contributed by atoms with Gasteiger partial charge in [-0.25, -0.2) is 9.07 Å². The van der Waals surface area contributed by atoms with Crippen molar-refractivity contribution in [3.63, 3.8) is 0 Å². The Bertz CT molecular complexity index is 610. The zero-order valence-corrected chi connectivity index (χ0v) is 11.7. The summed E-state index contributed by atoms with van der Waals surface area (Å²) in [4.78, 5) is 0. The van der Waals surface area contributed by atoms with E-state index in [-0.39, 0.29) is 16.8 Å². The van der Waals surface area contributed by atoms with E-state index in [1.807, 2.05) is 13.8 Å². The minimum absolute atomic E-state index is 0.00315. The zero-order valence-electron chi connectivity index (χ0n) is 10.9. The molecule has 0 amide bonds. The Kier molecular flexibility index (Phi) is 3.66. The maximum atomic E-state index is 13.8. The molecule has 1 aromatic heterocycles. The van der Waals surface area contributed by atoms with Crippen LogP contribution in [-0.2, 0) is 0 Å². The molecule has 0 aliphatic heterocycles. The van der Waals surface area contributed by atoms with Crippen molar-refractivity contribution >= 4 is 17.3 Å². The van der Waals surface area contributed by atoms with Crippen molar-refractivity contribution in [3.05, 3.63) is 34.7 Å². The van der Waals surface area contributed by atoms with Gasteiger partial charge in [0.15, 0.2) is 11.6 Å². The van der Waals surface area contributed by atoms with Crippen LogP contribution in [0.1, 0.15) is 25.6 Å². The summed E-state index contributed by atoms with van der Waals surface area (Å²) in [6, 6.07) is 4.61. The van der Waals surface area contributed by atoms with Crippen LogP contribution in [-0.4, -0.2) is 9.78 Å². The lowest BCUT2D eigenvalue weighted by Crippen LogP contribution is -2.06. The number of nitrogens with zero attached hydrogens (tertiary/aromatic N) is 2. The van der Waals surface area contributed by atoms with E-state index in [9.17, 15) is 4.39 Å². The van der Waals surface area contributed by atoms with Gasteiger partial charge in [0.1, 0.15) is 5.69 Å². The smallest absolute Gasteiger partial charge is 0.241 e. The lowest BCUT2D eigenvalue weighted by atomic mass is 10.3. The molecule has 0 radical (unpaired) electrons. The van der Waals surface area contributed by atoms with Crippen LogP contribution in [0.2, 0.25) is 5.02 Å². The summed E-state index contributed by atoms with van der Waals surface area (Å²) in [5.41, 5.74) is 6.95. The fourth-order valence-electron chi connectivity index (χ4n) is 1.66. The topological polar surface area (TPSA) is 53.1 Å². The summed E-state index contributed by atoms with van der Waals surface area (Å²) in [5.74, 6) is -0.257. The molecule has 0 unspecified atom stereocenters. The normalized spacial score (nSPS) is 11.1. The van der Waals surface area contributed by atoms with E-state index in [2.05, 4.69) is 5.10 Å². The van der Waals surface area contributed by atoms with Crippen LogP contribution in [0, 0.1) is 12.7 Å².